The van der Waals surface area contributed by atoms with Gasteiger partial charge in [-0.05, 0) is 24.6 Å². The predicted octanol–water partition coefficient (Wildman–Crippen LogP) is 0.978. The maximum absolute atomic E-state index is 12.1. The van der Waals surface area contributed by atoms with Crippen LogP contribution in [0.4, 0.5) is 5.69 Å². The van der Waals surface area contributed by atoms with Gasteiger partial charge in [-0.25, -0.2) is 8.42 Å². The Labute approximate surface area is 105 Å². The van der Waals surface area contributed by atoms with Crippen molar-refractivity contribution in [1.29, 1.82) is 0 Å². The van der Waals surface area contributed by atoms with Crippen LogP contribution in [0.1, 0.15) is 11.3 Å². The molecule has 0 atom stereocenters. The molecular weight excluding hydrogens is 252 g/mol. The lowest BCUT2D eigenvalue weighted by atomic mass is 10.3. The summed E-state index contributed by atoms with van der Waals surface area (Å²) in [6.07, 6.45) is 4.50. The van der Waals surface area contributed by atoms with E-state index in [4.69, 9.17) is 5.73 Å². The van der Waals surface area contributed by atoms with Crippen LogP contribution in [0, 0.1) is 6.92 Å². The van der Waals surface area contributed by atoms with E-state index in [0.717, 1.165) is 5.56 Å². The third-order valence-corrected chi connectivity index (χ3v) is 3.87. The van der Waals surface area contributed by atoms with Crippen LogP contribution in [-0.4, -0.2) is 18.4 Å². The Morgan fingerprint density at radius 2 is 2.28 bits per heavy atom. The molecule has 0 aromatic carbocycles. The smallest absolute Gasteiger partial charge is 0.263 e. The van der Waals surface area contributed by atoms with Gasteiger partial charge in [0.1, 0.15) is 4.90 Å². The van der Waals surface area contributed by atoms with Gasteiger partial charge in [-0.1, -0.05) is 0 Å². The first-order valence-corrected chi connectivity index (χ1v) is 6.82. The zero-order chi connectivity index (χ0) is 13.2. The summed E-state index contributed by atoms with van der Waals surface area (Å²) in [7, 11) is -3.60. The van der Waals surface area contributed by atoms with Gasteiger partial charge in [0.05, 0.1) is 11.9 Å². The summed E-state index contributed by atoms with van der Waals surface area (Å²) < 4.78 is 26.7. The van der Waals surface area contributed by atoms with Crippen LogP contribution in [-0.2, 0) is 16.6 Å². The second kappa shape index (κ2) is 4.79. The van der Waals surface area contributed by atoms with E-state index < -0.39 is 10.0 Å². The number of rotatable bonds is 4. The number of anilines is 1. The summed E-state index contributed by atoms with van der Waals surface area (Å²) in [5.41, 5.74) is 7.37. The van der Waals surface area contributed by atoms with Crippen molar-refractivity contribution in [3.8, 4) is 0 Å². The fourth-order valence-corrected chi connectivity index (χ4v) is 2.60. The number of hydrogen-bond acceptors (Lipinski definition) is 4. The molecule has 0 aliphatic carbocycles. The molecule has 0 fully saturated rings. The van der Waals surface area contributed by atoms with Crippen molar-refractivity contribution in [2.45, 2.75) is 18.4 Å². The number of nitrogens with one attached hydrogen (secondary N) is 2. The van der Waals surface area contributed by atoms with E-state index in [1.54, 1.807) is 12.3 Å². The van der Waals surface area contributed by atoms with E-state index >= 15 is 0 Å². The minimum atomic E-state index is -3.60. The number of aromatic amines is 1. The van der Waals surface area contributed by atoms with E-state index in [2.05, 4.69) is 14.7 Å². The molecule has 2 heterocycles. The molecule has 7 heteroatoms. The molecule has 0 spiro atoms. The molecule has 18 heavy (non-hydrogen) atoms. The molecule has 0 aliphatic heterocycles. The van der Waals surface area contributed by atoms with Crippen LogP contribution in [0.2, 0.25) is 0 Å². The Morgan fingerprint density at radius 3 is 2.89 bits per heavy atom. The van der Waals surface area contributed by atoms with E-state index in [1.807, 2.05) is 6.92 Å². The Morgan fingerprint density at radius 1 is 1.50 bits per heavy atom. The standard InChI is InChI=1S/C11H14N4O2S/c1-8-2-3-13-7-11(8)15-18(16,17)10-4-9(5-12)14-6-10/h2-4,6-7,14-15H,5,12H2,1H3. The van der Waals surface area contributed by atoms with Crippen LogP contribution in [0.3, 0.4) is 0 Å². The fourth-order valence-electron chi connectivity index (χ4n) is 1.47. The minimum Gasteiger partial charge on any atom is -0.363 e. The average Bonchev–Trinajstić information content (AvgIpc) is 2.81. The highest BCUT2D eigenvalue weighted by Gasteiger charge is 2.16. The quantitative estimate of drug-likeness (QED) is 0.767. The summed E-state index contributed by atoms with van der Waals surface area (Å²) in [5, 5.41) is 0. The van der Waals surface area contributed by atoms with Gasteiger partial charge in [-0.2, -0.15) is 0 Å². The molecule has 96 valence electrons. The van der Waals surface area contributed by atoms with Crippen molar-refractivity contribution in [2.24, 2.45) is 5.73 Å². The summed E-state index contributed by atoms with van der Waals surface area (Å²) in [5.74, 6) is 0. The number of hydrogen-bond donors (Lipinski definition) is 3. The summed E-state index contributed by atoms with van der Waals surface area (Å²) in [4.78, 5) is 6.85. The number of aromatic nitrogens is 2. The fraction of sp³-hybridized carbons (Fsp3) is 0.182. The van der Waals surface area contributed by atoms with Crippen LogP contribution in [0.25, 0.3) is 0 Å². The Balaban J connectivity index is 2.30. The first kappa shape index (κ1) is 12.6. The molecule has 0 unspecified atom stereocenters. The highest BCUT2D eigenvalue weighted by atomic mass is 32.2. The molecule has 0 bridgehead atoms. The third-order valence-electron chi connectivity index (χ3n) is 2.53. The van der Waals surface area contributed by atoms with Gasteiger partial charge in [0.2, 0.25) is 0 Å². The number of sulfonamides is 1. The lowest BCUT2D eigenvalue weighted by molar-refractivity contribution is 0.601. The molecule has 4 N–H and O–H groups in total. The molecule has 0 aliphatic rings. The zero-order valence-electron chi connectivity index (χ0n) is 9.84. The van der Waals surface area contributed by atoms with Gasteiger partial charge >= 0.3 is 0 Å². The molecule has 2 rings (SSSR count). The molecule has 6 nitrogen and oxygen atoms in total. The maximum Gasteiger partial charge on any atom is 0.263 e. The van der Waals surface area contributed by atoms with Crippen molar-refractivity contribution in [3.63, 3.8) is 0 Å². The monoisotopic (exact) mass is 266 g/mol. The summed E-state index contributed by atoms with van der Waals surface area (Å²) >= 11 is 0. The van der Waals surface area contributed by atoms with Gasteiger partial charge in [0.15, 0.2) is 0 Å². The van der Waals surface area contributed by atoms with Crippen LogP contribution in [0.5, 0.6) is 0 Å². The molecule has 0 saturated carbocycles. The zero-order valence-corrected chi connectivity index (χ0v) is 10.7. The predicted molar refractivity (Wildman–Crippen MR) is 68.5 cm³/mol. The van der Waals surface area contributed by atoms with Gasteiger partial charge in [0, 0.05) is 24.6 Å². The number of aryl methyl sites for hydroxylation is 1. The van der Waals surface area contributed by atoms with E-state index in [0.29, 0.717) is 11.4 Å². The largest absolute Gasteiger partial charge is 0.363 e. The number of H-pyrrole nitrogens is 1. The SMILES string of the molecule is Cc1ccncc1NS(=O)(=O)c1c[nH]c(CN)c1. The number of nitrogens with zero attached hydrogens (tertiary/aromatic N) is 1. The summed E-state index contributed by atoms with van der Waals surface area (Å²) in [6.45, 7) is 2.07. The topological polar surface area (TPSA) is 101 Å². The molecule has 2 aromatic heterocycles. The van der Waals surface area contributed by atoms with Crippen molar-refractivity contribution < 1.29 is 8.42 Å². The van der Waals surface area contributed by atoms with E-state index in [1.165, 1.54) is 18.5 Å². The molecule has 2 aromatic rings. The molecule has 0 saturated heterocycles. The van der Waals surface area contributed by atoms with E-state index in [-0.39, 0.29) is 11.4 Å². The van der Waals surface area contributed by atoms with Gasteiger partial charge < -0.3 is 10.7 Å². The van der Waals surface area contributed by atoms with Crippen molar-refractivity contribution in [2.75, 3.05) is 4.72 Å². The first-order chi connectivity index (χ1) is 8.53. The van der Waals surface area contributed by atoms with Crippen molar-refractivity contribution >= 4 is 15.7 Å². The van der Waals surface area contributed by atoms with Gasteiger partial charge in [-0.3, -0.25) is 9.71 Å². The lowest BCUT2D eigenvalue weighted by Gasteiger charge is -2.08. The highest BCUT2D eigenvalue weighted by molar-refractivity contribution is 7.92. The lowest BCUT2D eigenvalue weighted by Crippen LogP contribution is -2.13. The first-order valence-electron chi connectivity index (χ1n) is 5.34. The summed E-state index contributed by atoms with van der Waals surface area (Å²) in [6, 6.07) is 3.24. The third kappa shape index (κ3) is 2.52. The van der Waals surface area contributed by atoms with E-state index in [9.17, 15) is 8.42 Å². The van der Waals surface area contributed by atoms with Gasteiger partial charge in [-0.15, -0.1) is 0 Å². The van der Waals surface area contributed by atoms with Crippen molar-refractivity contribution in [1.82, 2.24) is 9.97 Å². The van der Waals surface area contributed by atoms with Gasteiger partial charge in [0.25, 0.3) is 10.0 Å². The van der Waals surface area contributed by atoms with Crippen LogP contribution in [0.15, 0.2) is 35.6 Å². The van der Waals surface area contributed by atoms with Crippen LogP contribution >= 0.6 is 0 Å². The Kier molecular flexibility index (Phi) is 3.35. The highest BCUT2D eigenvalue weighted by Crippen LogP contribution is 2.18. The normalized spacial score (nSPS) is 11.4. The van der Waals surface area contributed by atoms with Crippen molar-refractivity contribution in [3.05, 3.63) is 42.0 Å². The number of nitrogens with two attached hydrogens (primary N) is 1. The maximum atomic E-state index is 12.1. The minimum absolute atomic E-state index is 0.159. The Bertz CT molecular complexity index is 649. The second-order valence-electron chi connectivity index (χ2n) is 3.86. The number of pyridine rings is 1. The molecule has 0 radical (unpaired) electrons. The Hall–Kier alpha value is -1.86. The molecule has 0 amide bonds. The van der Waals surface area contributed by atoms with Crippen LogP contribution < -0.4 is 10.5 Å². The molecular formula is C11H14N4O2S. The average molecular weight is 266 g/mol. The second-order valence-corrected chi connectivity index (χ2v) is 5.54.